The molecule has 10 aromatic carbocycles. The molecule has 1 aliphatic carbocycles. The molecule has 0 N–H and O–H groups in total. The van der Waals surface area contributed by atoms with Gasteiger partial charge in [0, 0.05) is 22.3 Å². The number of hydrogen-bond acceptors (Lipinski definition) is 1. The van der Waals surface area contributed by atoms with Crippen LogP contribution in [0.5, 0.6) is 0 Å². The summed E-state index contributed by atoms with van der Waals surface area (Å²) in [6.07, 6.45) is 0. The maximum atomic E-state index is 5.41. The van der Waals surface area contributed by atoms with Gasteiger partial charge in [-0.1, -0.05) is 202 Å². The lowest BCUT2D eigenvalue weighted by molar-refractivity contribution is 0.661. The normalized spacial score (nSPS) is 13.5. The first kappa shape index (κ1) is 37.3. The molecular weight excluding hydrogens is 749 g/mol. The third-order valence-corrected chi connectivity index (χ3v) is 13.0. The molecule has 0 saturated heterocycles. The summed E-state index contributed by atoms with van der Waals surface area (Å²) in [4.78, 5) is 10.7. The van der Waals surface area contributed by atoms with Crippen LogP contribution < -0.4 is 0 Å². The number of nitrogens with zero attached hydrogens (tertiary/aromatic N) is 2. The highest BCUT2D eigenvalue weighted by molar-refractivity contribution is 6.23. The molecule has 0 aliphatic heterocycles. The lowest BCUT2D eigenvalue weighted by Gasteiger charge is -2.24. The second kappa shape index (κ2) is 14.8. The SMILES string of the molecule is C=C(/N=C(\N=C(/C)c1ccc2c(c1)C(C)(C)c1cc3c(-c4ccccc4)c4ccccc4c(-c4ccccc4)c3cc1-2)c1cccc2ccccc12)c1cccc2ccccc12. The highest BCUT2D eigenvalue weighted by atomic mass is 14.9. The third-order valence-electron chi connectivity index (χ3n) is 13.0. The first-order valence-corrected chi connectivity index (χ1v) is 21.4. The molecule has 62 heavy (non-hydrogen) atoms. The van der Waals surface area contributed by atoms with Gasteiger partial charge in [-0.3, -0.25) is 0 Å². The molecule has 0 amide bonds. The van der Waals surface area contributed by atoms with Crippen LogP contribution in [0.15, 0.2) is 217 Å². The van der Waals surface area contributed by atoms with E-state index in [9.17, 15) is 0 Å². The van der Waals surface area contributed by atoms with Crippen molar-refractivity contribution < 1.29 is 0 Å². The summed E-state index contributed by atoms with van der Waals surface area (Å²) in [6, 6.07) is 72.1. The van der Waals surface area contributed by atoms with Crippen LogP contribution >= 0.6 is 0 Å². The number of fused-ring (bicyclic) bond motifs is 7. The average molecular weight is 793 g/mol. The van der Waals surface area contributed by atoms with Gasteiger partial charge in [0.1, 0.15) is 0 Å². The Morgan fingerprint density at radius 3 is 1.52 bits per heavy atom. The Balaban J connectivity index is 1.09. The van der Waals surface area contributed by atoms with Gasteiger partial charge < -0.3 is 0 Å². The van der Waals surface area contributed by atoms with E-state index in [-0.39, 0.29) is 5.41 Å². The minimum atomic E-state index is -0.267. The zero-order chi connectivity index (χ0) is 42.0. The van der Waals surface area contributed by atoms with E-state index in [0.717, 1.165) is 43.9 Å². The van der Waals surface area contributed by atoms with Crippen LogP contribution in [0.1, 0.15) is 48.6 Å². The molecule has 10 aromatic rings. The van der Waals surface area contributed by atoms with Gasteiger partial charge in [0.15, 0.2) is 5.84 Å². The van der Waals surface area contributed by atoms with Crippen molar-refractivity contribution in [3.05, 3.63) is 235 Å². The minimum Gasteiger partial charge on any atom is -0.233 e. The van der Waals surface area contributed by atoms with Crippen LogP contribution in [-0.4, -0.2) is 11.5 Å². The molecular formula is C60H44N2. The van der Waals surface area contributed by atoms with Crippen LogP contribution in [-0.2, 0) is 5.41 Å². The summed E-state index contributed by atoms with van der Waals surface area (Å²) in [5, 5.41) is 9.58. The molecule has 2 nitrogen and oxygen atoms in total. The molecule has 294 valence electrons. The van der Waals surface area contributed by atoms with E-state index >= 15 is 0 Å². The average Bonchev–Trinajstić information content (AvgIpc) is 3.54. The standard InChI is InChI=1S/C60H44N2/c1-38(61-59(51-32-18-26-41-20-12-14-28-47(41)51)62-39(2)45-31-17-25-40-19-11-13-27-46(40)45)44-33-34-48-52-36-53-54(37-56(52)60(3,4)55(48)35-44)58(43-23-9-6-10-24-43)50-30-16-15-29-49(50)57(53)42-21-7-5-8-22-42/h5-37H,2H2,1,3-4H3/b61-38+,62-59-. The van der Waals surface area contributed by atoms with Gasteiger partial charge in [0.05, 0.1) is 5.70 Å². The first-order valence-electron chi connectivity index (χ1n) is 21.4. The molecule has 0 unspecified atom stereocenters. The van der Waals surface area contributed by atoms with Gasteiger partial charge in [-0.15, -0.1) is 0 Å². The third kappa shape index (κ3) is 6.10. The van der Waals surface area contributed by atoms with Gasteiger partial charge in [-0.05, 0) is 118 Å². The van der Waals surface area contributed by atoms with Gasteiger partial charge in [0.2, 0.25) is 0 Å². The minimum absolute atomic E-state index is 0.267. The van der Waals surface area contributed by atoms with E-state index in [2.05, 4.69) is 228 Å². The molecule has 1 aliphatic rings. The van der Waals surface area contributed by atoms with Crippen molar-refractivity contribution in [1.82, 2.24) is 0 Å². The molecule has 0 atom stereocenters. The summed E-state index contributed by atoms with van der Waals surface area (Å²) >= 11 is 0. The summed E-state index contributed by atoms with van der Waals surface area (Å²) in [5.74, 6) is 0.639. The molecule has 0 bridgehead atoms. The Morgan fingerprint density at radius 2 is 0.903 bits per heavy atom. The zero-order valence-electron chi connectivity index (χ0n) is 35.2. The molecule has 2 heteroatoms. The van der Waals surface area contributed by atoms with E-state index in [4.69, 9.17) is 9.98 Å². The van der Waals surface area contributed by atoms with Crippen LogP contribution in [0.3, 0.4) is 0 Å². The Kier molecular flexibility index (Phi) is 8.91. The molecule has 11 rings (SSSR count). The summed E-state index contributed by atoms with van der Waals surface area (Å²) < 4.78 is 0. The van der Waals surface area contributed by atoms with Crippen LogP contribution in [0.2, 0.25) is 0 Å². The number of hydrogen-bond donors (Lipinski definition) is 0. The van der Waals surface area contributed by atoms with Crippen molar-refractivity contribution in [3.8, 4) is 33.4 Å². The fourth-order valence-corrected chi connectivity index (χ4v) is 9.91. The fraction of sp³-hybridized carbons (Fsp3) is 0.0667. The van der Waals surface area contributed by atoms with E-state index in [1.54, 1.807) is 0 Å². The molecule has 0 spiro atoms. The Bertz CT molecular complexity index is 3490. The second-order valence-corrected chi connectivity index (χ2v) is 17.0. The summed E-state index contributed by atoms with van der Waals surface area (Å²) in [7, 11) is 0. The molecule has 0 fully saturated rings. The quantitative estimate of drug-likeness (QED) is 0.0910. The van der Waals surface area contributed by atoms with Crippen LogP contribution in [0.4, 0.5) is 0 Å². The predicted molar refractivity (Wildman–Crippen MR) is 266 cm³/mol. The lowest BCUT2D eigenvalue weighted by atomic mass is 9.79. The van der Waals surface area contributed by atoms with Crippen molar-refractivity contribution in [2.75, 3.05) is 0 Å². The van der Waals surface area contributed by atoms with Crippen LogP contribution in [0.25, 0.3) is 82.2 Å². The Labute approximate surface area is 362 Å². The summed E-state index contributed by atoms with van der Waals surface area (Å²) in [6.45, 7) is 11.4. The van der Waals surface area contributed by atoms with Crippen molar-refractivity contribution >= 4 is 60.3 Å². The molecule has 0 radical (unpaired) electrons. The number of amidine groups is 1. The highest BCUT2D eigenvalue weighted by Crippen LogP contribution is 2.53. The molecule has 0 heterocycles. The summed E-state index contributed by atoms with van der Waals surface area (Å²) in [5.41, 5.74) is 14.5. The lowest BCUT2D eigenvalue weighted by Crippen LogP contribution is -2.16. The Hall–Kier alpha value is -7.68. The van der Waals surface area contributed by atoms with E-state index in [1.807, 2.05) is 0 Å². The van der Waals surface area contributed by atoms with Gasteiger partial charge in [0.25, 0.3) is 0 Å². The van der Waals surface area contributed by atoms with E-state index < -0.39 is 0 Å². The van der Waals surface area contributed by atoms with E-state index in [1.165, 1.54) is 66.1 Å². The monoisotopic (exact) mass is 792 g/mol. The number of aliphatic imine (C=N–C) groups is 2. The van der Waals surface area contributed by atoms with Gasteiger partial charge in [-0.25, -0.2) is 9.98 Å². The van der Waals surface area contributed by atoms with Crippen molar-refractivity contribution in [2.45, 2.75) is 26.2 Å². The van der Waals surface area contributed by atoms with E-state index in [0.29, 0.717) is 11.5 Å². The predicted octanol–water partition coefficient (Wildman–Crippen LogP) is 15.9. The first-order chi connectivity index (χ1) is 30.3. The number of benzene rings is 10. The number of rotatable bonds is 6. The molecule has 0 saturated carbocycles. The zero-order valence-corrected chi connectivity index (χ0v) is 35.2. The maximum Gasteiger partial charge on any atom is 0.160 e. The smallest absolute Gasteiger partial charge is 0.160 e. The topological polar surface area (TPSA) is 24.7 Å². The Morgan fingerprint density at radius 1 is 0.419 bits per heavy atom. The second-order valence-electron chi connectivity index (χ2n) is 17.0. The van der Waals surface area contributed by atoms with Gasteiger partial charge >= 0.3 is 0 Å². The van der Waals surface area contributed by atoms with Crippen LogP contribution in [0, 0.1) is 0 Å². The van der Waals surface area contributed by atoms with Crippen molar-refractivity contribution in [3.63, 3.8) is 0 Å². The maximum absolute atomic E-state index is 5.41. The largest absolute Gasteiger partial charge is 0.233 e. The van der Waals surface area contributed by atoms with Gasteiger partial charge in [-0.2, -0.15) is 0 Å². The molecule has 0 aromatic heterocycles. The fourth-order valence-electron chi connectivity index (χ4n) is 9.91. The van der Waals surface area contributed by atoms with Crippen molar-refractivity contribution in [2.24, 2.45) is 9.98 Å². The van der Waals surface area contributed by atoms with Crippen molar-refractivity contribution in [1.29, 1.82) is 0 Å². The highest BCUT2D eigenvalue weighted by Gasteiger charge is 2.37.